The van der Waals surface area contributed by atoms with Crippen LogP contribution in [-0.4, -0.2) is 26.7 Å². The lowest BCUT2D eigenvalue weighted by atomic mass is 9.59. The third kappa shape index (κ3) is 2.47. The summed E-state index contributed by atoms with van der Waals surface area (Å²) >= 11 is 0. The number of nitrogens with two attached hydrogens (primary N) is 1. The number of rotatable bonds is 2. The Hall–Kier alpha value is -0.620. The van der Waals surface area contributed by atoms with Gasteiger partial charge in [-0.05, 0) is 43.9 Å². The van der Waals surface area contributed by atoms with Crippen molar-refractivity contribution < 1.29 is 17.9 Å². The van der Waals surface area contributed by atoms with Crippen LogP contribution in [0, 0.1) is 11.3 Å². The van der Waals surface area contributed by atoms with Crippen LogP contribution in [-0.2, 0) is 19.6 Å². The first-order chi connectivity index (χ1) is 7.86. The zero-order valence-electron chi connectivity index (χ0n) is 10.0. The molecule has 2 aliphatic carbocycles. The van der Waals surface area contributed by atoms with Crippen LogP contribution >= 0.6 is 0 Å². The number of esters is 1. The van der Waals surface area contributed by atoms with E-state index in [1.54, 1.807) is 0 Å². The highest BCUT2D eigenvalue weighted by Crippen LogP contribution is 2.54. The molecule has 0 amide bonds. The van der Waals surface area contributed by atoms with Gasteiger partial charge in [0.05, 0.1) is 18.3 Å². The van der Waals surface area contributed by atoms with E-state index in [1.807, 2.05) is 0 Å². The van der Waals surface area contributed by atoms with Crippen molar-refractivity contribution in [3.63, 3.8) is 0 Å². The largest absolute Gasteiger partial charge is 0.469 e. The Labute approximate surface area is 102 Å². The van der Waals surface area contributed by atoms with E-state index in [9.17, 15) is 13.2 Å². The van der Waals surface area contributed by atoms with Gasteiger partial charge in [0, 0.05) is 0 Å². The van der Waals surface area contributed by atoms with Gasteiger partial charge in [-0.3, -0.25) is 4.79 Å². The summed E-state index contributed by atoms with van der Waals surface area (Å²) in [6, 6.07) is 0. The molecule has 17 heavy (non-hydrogen) atoms. The molecule has 2 rings (SSSR count). The molecule has 0 heterocycles. The lowest BCUT2D eigenvalue weighted by Gasteiger charge is -2.50. The minimum absolute atomic E-state index is 0.000779. The maximum atomic E-state index is 11.4. The number of hydrogen-bond donors (Lipinski definition) is 1. The Kier molecular flexibility index (Phi) is 3.20. The molecule has 0 radical (unpaired) electrons. The van der Waals surface area contributed by atoms with Gasteiger partial charge >= 0.3 is 5.97 Å². The summed E-state index contributed by atoms with van der Waals surface area (Å²) in [6.45, 7) is 0. The number of sulfonamides is 1. The van der Waals surface area contributed by atoms with Crippen molar-refractivity contribution in [2.45, 2.75) is 43.8 Å². The number of carbonyl (C=O) groups is 1. The smallest absolute Gasteiger partial charge is 0.308 e. The van der Waals surface area contributed by atoms with Crippen LogP contribution in [0.5, 0.6) is 0 Å². The molecule has 2 saturated carbocycles. The molecule has 0 aromatic heterocycles. The van der Waals surface area contributed by atoms with E-state index < -0.39 is 10.0 Å². The molecule has 0 bridgehead atoms. The molecule has 0 aromatic carbocycles. The van der Waals surface area contributed by atoms with E-state index in [2.05, 4.69) is 0 Å². The highest BCUT2D eigenvalue weighted by molar-refractivity contribution is 7.89. The third-order valence-electron chi connectivity index (χ3n) is 4.37. The summed E-state index contributed by atoms with van der Waals surface area (Å²) in [7, 11) is -1.96. The SMILES string of the molecule is COC(=O)C1CCC2(CC1)CC(S(N)(=O)=O)C2. The first-order valence-corrected chi connectivity index (χ1v) is 7.57. The number of hydrogen-bond acceptors (Lipinski definition) is 4. The van der Waals surface area contributed by atoms with E-state index in [1.165, 1.54) is 7.11 Å². The molecular formula is C11H19NO4S. The van der Waals surface area contributed by atoms with Gasteiger partial charge in [0.1, 0.15) is 0 Å². The van der Waals surface area contributed by atoms with Crippen molar-refractivity contribution in [3.8, 4) is 0 Å². The number of methoxy groups -OCH3 is 1. The first-order valence-electron chi connectivity index (χ1n) is 5.96. The molecule has 2 aliphatic rings. The van der Waals surface area contributed by atoms with E-state index in [-0.39, 0.29) is 22.6 Å². The van der Waals surface area contributed by atoms with Crippen LogP contribution in [0.1, 0.15) is 38.5 Å². The van der Waals surface area contributed by atoms with Gasteiger partial charge in [0.2, 0.25) is 10.0 Å². The highest BCUT2D eigenvalue weighted by Gasteiger charge is 2.50. The predicted octanol–water partition coefficient (Wildman–Crippen LogP) is 0.787. The van der Waals surface area contributed by atoms with E-state index in [0.29, 0.717) is 12.8 Å². The highest BCUT2D eigenvalue weighted by atomic mass is 32.2. The lowest BCUT2D eigenvalue weighted by molar-refractivity contribution is -0.148. The average Bonchev–Trinajstić information content (AvgIpc) is 2.23. The average molecular weight is 261 g/mol. The predicted molar refractivity (Wildman–Crippen MR) is 62.5 cm³/mol. The Balaban J connectivity index is 1.87. The second kappa shape index (κ2) is 4.24. The number of primary sulfonamides is 1. The Morgan fingerprint density at radius 2 is 1.82 bits per heavy atom. The molecular weight excluding hydrogens is 242 g/mol. The van der Waals surface area contributed by atoms with E-state index >= 15 is 0 Å². The van der Waals surface area contributed by atoms with Crippen molar-refractivity contribution in [1.82, 2.24) is 0 Å². The summed E-state index contributed by atoms with van der Waals surface area (Å²) < 4.78 is 27.1. The Morgan fingerprint density at radius 1 is 1.29 bits per heavy atom. The van der Waals surface area contributed by atoms with Gasteiger partial charge in [-0.25, -0.2) is 13.6 Å². The van der Waals surface area contributed by atoms with Crippen LogP contribution in [0.25, 0.3) is 0 Å². The molecule has 6 heteroatoms. The zero-order chi connectivity index (χ0) is 12.7. The van der Waals surface area contributed by atoms with Crippen molar-refractivity contribution >= 4 is 16.0 Å². The number of ether oxygens (including phenoxy) is 1. The van der Waals surface area contributed by atoms with Crippen molar-refractivity contribution in [2.24, 2.45) is 16.5 Å². The van der Waals surface area contributed by atoms with Crippen LogP contribution < -0.4 is 5.14 Å². The van der Waals surface area contributed by atoms with E-state index in [4.69, 9.17) is 9.88 Å². The summed E-state index contributed by atoms with van der Waals surface area (Å²) in [5.41, 5.74) is 0.127. The fourth-order valence-electron chi connectivity index (χ4n) is 3.18. The summed E-state index contributed by atoms with van der Waals surface area (Å²) in [4.78, 5) is 11.4. The lowest BCUT2D eigenvalue weighted by Crippen LogP contribution is -2.49. The van der Waals surface area contributed by atoms with E-state index in [0.717, 1.165) is 25.7 Å². The molecule has 2 N–H and O–H groups in total. The molecule has 0 saturated heterocycles. The molecule has 0 aliphatic heterocycles. The summed E-state index contributed by atoms with van der Waals surface area (Å²) in [5.74, 6) is -0.138. The second-order valence-corrected chi connectivity index (χ2v) is 7.26. The molecule has 0 unspecified atom stereocenters. The van der Waals surface area contributed by atoms with Crippen LogP contribution in [0.4, 0.5) is 0 Å². The fourth-order valence-corrected chi connectivity index (χ4v) is 4.35. The fraction of sp³-hybridized carbons (Fsp3) is 0.909. The van der Waals surface area contributed by atoms with Crippen LogP contribution in [0.15, 0.2) is 0 Å². The standard InChI is InChI=1S/C11H19NO4S/c1-16-10(13)8-2-4-11(5-3-8)6-9(7-11)17(12,14)15/h8-9H,2-7H2,1H3,(H2,12,14,15). The minimum atomic E-state index is -3.37. The third-order valence-corrected chi connectivity index (χ3v) is 5.63. The van der Waals surface area contributed by atoms with Crippen LogP contribution in [0.2, 0.25) is 0 Å². The first kappa shape index (κ1) is 12.8. The monoisotopic (exact) mass is 261 g/mol. The van der Waals surface area contributed by atoms with Crippen molar-refractivity contribution in [1.29, 1.82) is 0 Å². The molecule has 0 aromatic rings. The van der Waals surface area contributed by atoms with Gasteiger partial charge in [0.25, 0.3) is 0 Å². The molecule has 0 atom stereocenters. The maximum absolute atomic E-state index is 11.4. The topological polar surface area (TPSA) is 86.5 Å². The Morgan fingerprint density at radius 3 is 2.24 bits per heavy atom. The summed E-state index contributed by atoms with van der Waals surface area (Å²) in [5, 5.41) is 4.76. The van der Waals surface area contributed by atoms with Gasteiger partial charge in [0.15, 0.2) is 0 Å². The minimum Gasteiger partial charge on any atom is -0.469 e. The quantitative estimate of drug-likeness (QED) is 0.744. The van der Waals surface area contributed by atoms with Crippen molar-refractivity contribution in [3.05, 3.63) is 0 Å². The van der Waals surface area contributed by atoms with Crippen LogP contribution in [0.3, 0.4) is 0 Å². The maximum Gasteiger partial charge on any atom is 0.308 e. The van der Waals surface area contributed by atoms with Gasteiger partial charge in [-0.1, -0.05) is 0 Å². The normalized spacial score (nSPS) is 37.5. The molecule has 5 nitrogen and oxygen atoms in total. The summed E-state index contributed by atoms with van der Waals surface area (Å²) in [6.07, 6.45) is 4.78. The van der Waals surface area contributed by atoms with Crippen molar-refractivity contribution in [2.75, 3.05) is 7.11 Å². The van der Waals surface area contributed by atoms with Gasteiger partial charge < -0.3 is 4.74 Å². The van der Waals surface area contributed by atoms with Gasteiger partial charge in [-0.2, -0.15) is 0 Å². The second-order valence-electron chi connectivity index (χ2n) is 5.42. The number of carbonyl (C=O) groups excluding carboxylic acids is 1. The molecule has 1 spiro atoms. The Bertz CT molecular complexity index is 401. The zero-order valence-corrected chi connectivity index (χ0v) is 10.8. The molecule has 98 valence electrons. The molecule has 2 fully saturated rings. The van der Waals surface area contributed by atoms with Gasteiger partial charge in [-0.15, -0.1) is 0 Å².